The van der Waals surface area contributed by atoms with Gasteiger partial charge in [-0.25, -0.2) is 0 Å². The van der Waals surface area contributed by atoms with Gasteiger partial charge in [-0.2, -0.15) is 4.20 Å². The summed E-state index contributed by atoms with van der Waals surface area (Å²) in [5.41, 5.74) is 2.03. The van der Waals surface area contributed by atoms with Crippen molar-refractivity contribution in [2.45, 2.75) is 0 Å². The molecule has 104 valence electrons. The molecule has 3 aromatic rings. The van der Waals surface area contributed by atoms with E-state index in [0.29, 0.717) is 0 Å². The second-order valence-electron chi connectivity index (χ2n) is 4.78. The second kappa shape index (κ2) is 5.67. The van der Waals surface area contributed by atoms with Crippen molar-refractivity contribution in [3.8, 4) is 11.1 Å². The molecule has 1 nitrogen and oxygen atoms in total. The second-order valence-corrected chi connectivity index (χ2v) is 6.88. The minimum atomic E-state index is -4.01. The van der Waals surface area contributed by atoms with E-state index in [4.69, 9.17) is 0 Å². The third kappa shape index (κ3) is 2.81. The fraction of sp³-hybridized carbons (Fsp3) is 0. The third-order valence-corrected chi connectivity index (χ3v) is 5.32. The maximum Gasteiger partial charge on any atom is 0.300 e. The van der Waals surface area contributed by atoms with Crippen LogP contribution in [0.2, 0.25) is 0 Å². The fourth-order valence-electron chi connectivity index (χ4n) is 2.25. The van der Waals surface area contributed by atoms with Crippen LogP contribution < -0.4 is 10.6 Å². The van der Waals surface area contributed by atoms with Crippen LogP contribution >= 0.6 is 7.45 Å². The summed E-state index contributed by atoms with van der Waals surface area (Å²) in [6.07, 6.45) is 0. The van der Waals surface area contributed by atoms with Crippen molar-refractivity contribution in [2.75, 3.05) is 0 Å². The lowest BCUT2D eigenvalue weighted by atomic mass is 10.1. The van der Waals surface area contributed by atoms with Crippen LogP contribution in [-0.2, 0) is 4.57 Å². The van der Waals surface area contributed by atoms with Crippen LogP contribution in [0.3, 0.4) is 0 Å². The van der Waals surface area contributed by atoms with Gasteiger partial charge >= 0.3 is 0 Å². The molecule has 0 aliphatic rings. The molecule has 0 saturated heterocycles. The Labute approximate surface area is 123 Å². The van der Waals surface area contributed by atoms with Gasteiger partial charge in [0.25, 0.3) is 7.45 Å². The lowest BCUT2D eigenvalue weighted by molar-refractivity contribution is 0.558. The zero-order chi connectivity index (χ0) is 14.7. The molecular weight excluding hydrogens is 282 g/mol. The van der Waals surface area contributed by atoms with E-state index in [-0.39, 0.29) is 10.6 Å². The van der Waals surface area contributed by atoms with Crippen LogP contribution in [0, 0.1) is 0 Å². The van der Waals surface area contributed by atoms with E-state index in [1.165, 1.54) is 0 Å². The fourth-order valence-corrected chi connectivity index (χ4v) is 3.63. The van der Waals surface area contributed by atoms with Gasteiger partial charge in [0.15, 0.2) is 0 Å². The molecule has 21 heavy (non-hydrogen) atoms. The smallest absolute Gasteiger partial charge is 0.277 e. The number of rotatable bonds is 3. The first-order chi connectivity index (χ1) is 10.2. The van der Waals surface area contributed by atoms with Gasteiger partial charge in [0.1, 0.15) is 0 Å². The number of hydrogen-bond acceptors (Lipinski definition) is 1. The molecule has 0 spiro atoms. The third-order valence-electron chi connectivity index (χ3n) is 3.39. The lowest BCUT2D eigenvalue weighted by Gasteiger charge is -2.10. The normalized spacial score (nSPS) is 13.6. The van der Waals surface area contributed by atoms with Gasteiger partial charge in [-0.05, 0) is 35.4 Å². The molecule has 0 fully saturated rings. The monoisotopic (exact) mass is 296 g/mol. The van der Waals surface area contributed by atoms with Crippen molar-refractivity contribution in [1.82, 2.24) is 0 Å². The van der Waals surface area contributed by atoms with Gasteiger partial charge in [0.05, 0.1) is 0 Å². The van der Waals surface area contributed by atoms with Crippen LogP contribution in [0.5, 0.6) is 0 Å². The van der Waals surface area contributed by atoms with Crippen molar-refractivity contribution in [3.05, 3.63) is 84.9 Å². The number of benzene rings is 3. The zero-order valence-corrected chi connectivity index (χ0v) is 12.2. The summed E-state index contributed by atoms with van der Waals surface area (Å²) < 4.78 is 27.0. The molecule has 0 N–H and O–H groups in total. The molecular formula is C18H14FOP. The van der Waals surface area contributed by atoms with E-state index >= 15 is 0 Å². The number of hydrogen-bond donors (Lipinski definition) is 0. The van der Waals surface area contributed by atoms with Crippen LogP contribution in [-0.4, -0.2) is 0 Å². The first-order valence-corrected chi connectivity index (χ1v) is 8.29. The van der Waals surface area contributed by atoms with Crippen LogP contribution in [0.25, 0.3) is 11.1 Å². The molecule has 0 aliphatic heterocycles. The van der Waals surface area contributed by atoms with E-state index in [9.17, 15) is 8.76 Å². The Morgan fingerprint density at radius 3 is 1.57 bits per heavy atom. The topological polar surface area (TPSA) is 17.1 Å². The molecule has 0 saturated carbocycles. The molecule has 0 bridgehead atoms. The van der Waals surface area contributed by atoms with Crippen LogP contribution in [0.1, 0.15) is 0 Å². The molecule has 1 unspecified atom stereocenters. The van der Waals surface area contributed by atoms with E-state index in [0.717, 1.165) is 11.1 Å². The van der Waals surface area contributed by atoms with E-state index < -0.39 is 7.45 Å². The summed E-state index contributed by atoms with van der Waals surface area (Å²) in [7, 11) is -4.01. The minimum absolute atomic E-state index is 0.230. The van der Waals surface area contributed by atoms with Crippen molar-refractivity contribution in [2.24, 2.45) is 0 Å². The summed E-state index contributed by atoms with van der Waals surface area (Å²) in [6, 6.07) is 24.9. The Balaban J connectivity index is 1.96. The molecule has 0 amide bonds. The summed E-state index contributed by atoms with van der Waals surface area (Å²) in [4.78, 5) is 0. The molecule has 0 aliphatic carbocycles. The Morgan fingerprint density at radius 1 is 0.571 bits per heavy atom. The van der Waals surface area contributed by atoms with Crippen molar-refractivity contribution in [1.29, 1.82) is 0 Å². The maximum atomic E-state index is 14.6. The predicted molar refractivity (Wildman–Crippen MR) is 86.3 cm³/mol. The van der Waals surface area contributed by atoms with Gasteiger partial charge in [-0.15, -0.1) is 0 Å². The molecule has 0 heterocycles. The first-order valence-electron chi connectivity index (χ1n) is 6.69. The largest absolute Gasteiger partial charge is 0.300 e. The van der Waals surface area contributed by atoms with Gasteiger partial charge in [0.2, 0.25) is 0 Å². The Hall–Kier alpha value is -2.18. The molecule has 3 rings (SSSR count). The summed E-state index contributed by atoms with van der Waals surface area (Å²) in [5, 5.41) is 0.464. The van der Waals surface area contributed by atoms with Crippen molar-refractivity contribution >= 4 is 18.1 Å². The van der Waals surface area contributed by atoms with E-state index in [2.05, 4.69) is 0 Å². The number of halogens is 1. The highest BCUT2D eigenvalue weighted by molar-refractivity contribution is 7.74. The van der Waals surface area contributed by atoms with Gasteiger partial charge in [0, 0.05) is 10.6 Å². The van der Waals surface area contributed by atoms with Crippen LogP contribution in [0.15, 0.2) is 84.9 Å². The highest BCUT2D eigenvalue weighted by Gasteiger charge is 2.26. The molecule has 1 atom stereocenters. The van der Waals surface area contributed by atoms with Crippen LogP contribution in [0.4, 0.5) is 4.20 Å². The average Bonchev–Trinajstić information content (AvgIpc) is 2.57. The Morgan fingerprint density at radius 2 is 1.00 bits per heavy atom. The molecule has 3 aromatic carbocycles. The average molecular weight is 296 g/mol. The highest BCUT2D eigenvalue weighted by Crippen LogP contribution is 2.44. The SMILES string of the molecule is O=P(F)(c1ccccc1)c1ccc(-c2ccccc2)cc1. The van der Waals surface area contributed by atoms with Gasteiger partial charge in [-0.3, -0.25) is 4.57 Å². The Bertz CT molecular complexity index is 767. The summed E-state index contributed by atoms with van der Waals surface area (Å²) in [6.45, 7) is 0. The molecule has 0 aromatic heterocycles. The van der Waals surface area contributed by atoms with E-state index in [1.54, 1.807) is 54.6 Å². The van der Waals surface area contributed by atoms with E-state index in [1.807, 2.05) is 30.3 Å². The quantitative estimate of drug-likeness (QED) is 0.648. The summed E-state index contributed by atoms with van der Waals surface area (Å²) >= 11 is 0. The molecule has 3 heteroatoms. The van der Waals surface area contributed by atoms with Crippen molar-refractivity contribution in [3.63, 3.8) is 0 Å². The first kappa shape index (κ1) is 13.8. The van der Waals surface area contributed by atoms with Gasteiger partial charge in [-0.1, -0.05) is 60.7 Å². The summed E-state index contributed by atoms with van der Waals surface area (Å²) in [5.74, 6) is 0. The zero-order valence-electron chi connectivity index (χ0n) is 11.3. The molecule has 0 radical (unpaired) electrons. The predicted octanol–water partition coefficient (Wildman–Crippen LogP) is 4.55. The standard InChI is InChI=1S/C18H14FOP/c19-21(20,17-9-5-2-6-10-17)18-13-11-16(12-14-18)15-7-3-1-4-8-15/h1-14H. The Kier molecular flexibility index (Phi) is 3.72. The highest BCUT2D eigenvalue weighted by atomic mass is 31.2. The minimum Gasteiger partial charge on any atom is -0.277 e. The lowest BCUT2D eigenvalue weighted by Crippen LogP contribution is -2.12. The maximum absolute atomic E-state index is 14.6. The van der Waals surface area contributed by atoms with Gasteiger partial charge < -0.3 is 0 Å². The van der Waals surface area contributed by atoms with Crippen molar-refractivity contribution < 1.29 is 8.76 Å².